The van der Waals surface area contributed by atoms with E-state index in [2.05, 4.69) is 6.07 Å². The van der Waals surface area contributed by atoms with Crippen molar-refractivity contribution < 1.29 is 24.5 Å². The lowest BCUT2D eigenvalue weighted by molar-refractivity contribution is -0.144. The maximum absolute atomic E-state index is 11.4. The third kappa shape index (κ3) is 6.80. The highest BCUT2D eigenvalue weighted by Gasteiger charge is 2.41. The van der Waals surface area contributed by atoms with Gasteiger partial charge in [-0.3, -0.25) is 4.79 Å². The fourth-order valence-electron chi connectivity index (χ4n) is 3.64. The van der Waals surface area contributed by atoms with Crippen LogP contribution in [0.1, 0.15) is 36.8 Å². The van der Waals surface area contributed by atoms with Crippen LogP contribution in [-0.2, 0) is 9.53 Å². The van der Waals surface area contributed by atoms with E-state index < -0.39 is 6.10 Å². The minimum Gasteiger partial charge on any atom is -0.493 e. The normalized spacial score (nSPS) is 24.6. The quantitative estimate of drug-likeness (QED) is 0.350. The van der Waals surface area contributed by atoms with Crippen molar-refractivity contribution in [3.63, 3.8) is 0 Å². The summed E-state index contributed by atoms with van der Waals surface area (Å²) in [4.78, 5) is 11.4. The van der Waals surface area contributed by atoms with Gasteiger partial charge in [0.1, 0.15) is 12.4 Å². The first-order chi connectivity index (χ1) is 13.4. The summed E-state index contributed by atoms with van der Waals surface area (Å²) in [5, 5.41) is 18.9. The van der Waals surface area contributed by atoms with Gasteiger partial charge in [-0.05, 0) is 50.7 Å². The predicted octanol–water partition coefficient (Wildman–Crippen LogP) is 3.55. The zero-order chi connectivity index (χ0) is 20.5. The molecule has 156 valence electrons. The molecule has 2 rings (SSSR count). The Hall–Kier alpha value is -1.56. The number of hydrogen-bond donors (Lipinski definition) is 2. The molecule has 0 aromatic heterocycles. The van der Waals surface area contributed by atoms with Crippen molar-refractivity contribution in [1.29, 1.82) is 0 Å². The van der Waals surface area contributed by atoms with Crippen LogP contribution in [0.2, 0.25) is 0 Å². The number of rotatable bonds is 10. The summed E-state index contributed by atoms with van der Waals surface area (Å²) in [5.74, 6) is 0.624. The first-order valence-corrected chi connectivity index (χ1v) is 10.3. The summed E-state index contributed by atoms with van der Waals surface area (Å²) in [5.41, 5.74) is 2.27. The van der Waals surface area contributed by atoms with Crippen LogP contribution in [0.15, 0.2) is 30.4 Å². The SMILES string of the molecule is Cc1ccc(OC[C@@H]2[C@@H](C/C=C\CCC(=O)OCCO)[C@H](Cl)C[C@H]2O)c(C)c1. The first-order valence-electron chi connectivity index (χ1n) is 9.86. The fourth-order valence-corrected chi connectivity index (χ4v) is 4.11. The number of carbonyl (C=O) groups excluding carboxylic acids is 1. The summed E-state index contributed by atoms with van der Waals surface area (Å²) in [6, 6.07) is 6.06. The Morgan fingerprint density at radius 1 is 1.29 bits per heavy atom. The molecule has 1 saturated carbocycles. The predicted molar refractivity (Wildman–Crippen MR) is 110 cm³/mol. The second-order valence-electron chi connectivity index (χ2n) is 7.42. The highest BCUT2D eigenvalue weighted by Crippen LogP contribution is 2.39. The van der Waals surface area contributed by atoms with Gasteiger partial charge in [0.2, 0.25) is 0 Å². The molecule has 1 aromatic rings. The number of alkyl halides is 1. The van der Waals surface area contributed by atoms with Crippen molar-refractivity contribution in [2.45, 2.75) is 51.0 Å². The molecule has 0 heterocycles. The zero-order valence-corrected chi connectivity index (χ0v) is 17.4. The molecule has 1 aliphatic carbocycles. The van der Waals surface area contributed by atoms with Crippen LogP contribution in [0.25, 0.3) is 0 Å². The average Bonchev–Trinajstić information content (AvgIpc) is 2.92. The summed E-state index contributed by atoms with van der Waals surface area (Å²) < 4.78 is 10.8. The highest BCUT2D eigenvalue weighted by atomic mass is 35.5. The number of allylic oxidation sites excluding steroid dienone is 2. The van der Waals surface area contributed by atoms with E-state index in [-0.39, 0.29) is 42.8 Å². The Balaban J connectivity index is 1.84. The molecule has 0 bridgehead atoms. The Labute approximate surface area is 172 Å². The van der Waals surface area contributed by atoms with E-state index in [1.807, 2.05) is 38.1 Å². The van der Waals surface area contributed by atoms with E-state index in [1.54, 1.807) is 0 Å². The van der Waals surface area contributed by atoms with Crippen molar-refractivity contribution in [3.05, 3.63) is 41.5 Å². The molecule has 0 amide bonds. The smallest absolute Gasteiger partial charge is 0.306 e. The van der Waals surface area contributed by atoms with Crippen LogP contribution in [0, 0.1) is 25.7 Å². The number of benzene rings is 1. The Morgan fingerprint density at radius 3 is 2.79 bits per heavy atom. The van der Waals surface area contributed by atoms with Crippen LogP contribution >= 0.6 is 11.6 Å². The van der Waals surface area contributed by atoms with E-state index in [0.29, 0.717) is 19.4 Å². The molecule has 0 saturated heterocycles. The zero-order valence-electron chi connectivity index (χ0n) is 16.6. The first kappa shape index (κ1) is 22.7. The van der Waals surface area contributed by atoms with Crippen molar-refractivity contribution >= 4 is 17.6 Å². The van der Waals surface area contributed by atoms with E-state index in [1.165, 1.54) is 5.56 Å². The third-order valence-electron chi connectivity index (χ3n) is 5.18. The number of halogens is 1. The molecular formula is C22H31ClO5. The molecule has 1 fully saturated rings. The Morgan fingerprint density at radius 2 is 2.07 bits per heavy atom. The molecule has 5 nitrogen and oxygen atoms in total. The number of esters is 1. The van der Waals surface area contributed by atoms with Crippen molar-refractivity contribution in [2.75, 3.05) is 19.8 Å². The number of aryl methyl sites for hydroxylation is 2. The van der Waals surface area contributed by atoms with E-state index in [9.17, 15) is 9.90 Å². The van der Waals surface area contributed by atoms with Crippen molar-refractivity contribution in [1.82, 2.24) is 0 Å². The molecule has 0 radical (unpaired) electrons. The molecule has 0 spiro atoms. The number of aliphatic hydroxyl groups is 2. The van der Waals surface area contributed by atoms with Crippen LogP contribution in [-0.4, -0.2) is 47.5 Å². The monoisotopic (exact) mass is 410 g/mol. The second kappa shape index (κ2) is 11.4. The molecule has 6 heteroatoms. The lowest BCUT2D eigenvalue weighted by atomic mass is 9.92. The van der Waals surface area contributed by atoms with E-state index >= 15 is 0 Å². The van der Waals surface area contributed by atoms with E-state index in [0.717, 1.165) is 17.7 Å². The molecule has 1 aromatic carbocycles. The molecule has 1 aliphatic rings. The fraction of sp³-hybridized carbons (Fsp3) is 0.591. The molecule has 4 atom stereocenters. The maximum atomic E-state index is 11.4. The standard InChI is InChI=1S/C22H31ClO5/c1-15-8-9-21(16(2)12-15)28-14-18-17(19(23)13-20(18)25)6-4-3-5-7-22(26)27-11-10-24/h3-4,8-9,12,17-20,24-25H,5-7,10-11,13-14H2,1-2H3/b4-3-/t17-,18-,19-,20-/m1/s1. The minimum atomic E-state index is -0.472. The van der Waals surface area contributed by atoms with Crippen LogP contribution < -0.4 is 4.74 Å². The topological polar surface area (TPSA) is 76.0 Å². The number of carbonyl (C=O) groups is 1. The molecule has 0 aliphatic heterocycles. The van der Waals surface area contributed by atoms with E-state index in [4.69, 9.17) is 26.2 Å². The minimum absolute atomic E-state index is 0.0256. The van der Waals surface area contributed by atoms with Gasteiger partial charge < -0.3 is 19.7 Å². The van der Waals surface area contributed by atoms with Crippen molar-refractivity contribution in [2.24, 2.45) is 11.8 Å². The highest BCUT2D eigenvalue weighted by molar-refractivity contribution is 6.21. The average molecular weight is 411 g/mol. The van der Waals surface area contributed by atoms with Gasteiger partial charge in [-0.2, -0.15) is 0 Å². The van der Waals surface area contributed by atoms with Gasteiger partial charge in [-0.15, -0.1) is 11.6 Å². The van der Waals surface area contributed by atoms with Gasteiger partial charge in [0.15, 0.2) is 0 Å². The third-order valence-corrected chi connectivity index (χ3v) is 5.68. The van der Waals surface area contributed by atoms with Gasteiger partial charge in [0.25, 0.3) is 0 Å². The van der Waals surface area contributed by atoms with Gasteiger partial charge in [-0.25, -0.2) is 0 Å². The van der Waals surface area contributed by atoms with Crippen LogP contribution in [0.3, 0.4) is 0 Å². The van der Waals surface area contributed by atoms with Gasteiger partial charge in [0.05, 0.1) is 19.3 Å². The van der Waals surface area contributed by atoms with Crippen LogP contribution in [0.5, 0.6) is 5.75 Å². The number of hydrogen-bond acceptors (Lipinski definition) is 5. The maximum Gasteiger partial charge on any atom is 0.306 e. The molecule has 28 heavy (non-hydrogen) atoms. The lowest BCUT2D eigenvalue weighted by Gasteiger charge is -2.23. The molecule has 2 N–H and O–H groups in total. The Kier molecular flexibility index (Phi) is 9.29. The van der Waals surface area contributed by atoms with Gasteiger partial charge in [-0.1, -0.05) is 29.8 Å². The molecule has 0 unspecified atom stereocenters. The number of aliphatic hydroxyl groups excluding tert-OH is 2. The number of ether oxygens (including phenoxy) is 2. The molecular weight excluding hydrogens is 380 g/mol. The van der Waals surface area contributed by atoms with Crippen LogP contribution in [0.4, 0.5) is 0 Å². The summed E-state index contributed by atoms with van der Waals surface area (Å²) in [6.45, 7) is 4.38. The second-order valence-corrected chi connectivity index (χ2v) is 7.98. The van der Waals surface area contributed by atoms with Crippen molar-refractivity contribution in [3.8, 4) is 5.75 Å². The Bertz CT molecular complexity index is 660. The van der Waals surface area contributed by atoms with Gasteiger partial charge >= 0.3 is 5.97 Å². The summed E-state index contributed by atoms with van der Waals surface area (Å²) in [7, 11) is 0. The summed E-state index contributed by atoms with van der Waals surface area (Å²) in [6.07, 6.45) is 5.65. The summed E-state index contributed by atoms with van der Waals surface area (Å²) >= 11 is 6.47. The largest absolute Gasteiger partial charge is 0.493 e. The van der Waals surface area contributed by atoms with Gasteiger partial charge in [0, 0.05) is 17.7 Å². The lowest BCUT2D eigenvalue weighted by Crippen LogP contribution is -2.27.